The van der Waals surface area contributed by atoms with Crippen LogP contribution in [0, 0.1) is 17.1 Å². The lowest BCUT2D eigenvalue weighted by atomic mass is 10.0. The Morgan fingerprint density at radius 1 is 1.20 bits per heavy atom. The summed E-state index contributed by atoms with van der Waals surface area (Å²) >= 11 is 5.89. The number of halogens is 2. The first-order valence-electron chi connectivity index (χ1n) is 11.4. The van der Waals surface area contributed by atoms with Crippen molar-refractivity contribution in [1.29, 1.82) is 5.26 Å². The van der Waals surface area contributed by atoms with Gasteiger partial charge in [0.2, 0.25) is 0 Å². The van der Waals surface area contributed by atoms with Crippen molar-refractivity contribution in [3.8, 4) is 17.2 Å². The molecular formula is C27H26ClFN4O2. The summed E-state index contributed by atoms with van der Waals surface area (Å²) in [6.45, 7) is 2.88. The van der Waals surface area contributed by atoms with Crippen LogP contribution in [0.1, 0.15) is 12.0 Å². The van der Waals surface area contributed by atoms with Gasteiger partial charge >= 0.3 is 6.03 Å². The molecule has 0 radical (unpaired) electrons. The summed E-state index contributed by atoms with van der Waals surface area (Å²) in [5.41, 5.74) is 3.59. The van der Waals surface area contributed by atoms with Gasteiger partial charge in [0.1, 0.15) is 5.82 Å². The number of anilines is 2. The minimum Gasteiger partial charge on any atom is -0.380 e. The van der Waals surface area contributed by atoms with E-state index in [1.165, 1.54) is 18.2 Å². The summed E-state index contributed by atoms with van der Waals surface area (Å²) in [7, 11) is 1.72. The minimum atomic E-state index is -0.542. The van der Waals surface area contributed by atoms with Gasteiger partial charge < -0.3 is 10.1 Å². The van der Waals surface area contributed by atoms with Crippen molar-refractivity contribution in [2.45, 2.75) is 12.5 Å². The Balaban J connectivity index is 1.54. The fourth-order valence-corrected chi connectivity index (χ4v) is 4.33. The number of methoxy groups -OCH3 is 1. The number of carbonyl (C=O) groups excluding carboxylic acids is 1. The summed E-state index contributed by atoms with van der Waals surface area (Å²) in [4.78, 5) is 17.2. The standard InChI is InChI=1S/C27H26ClFN4O2/c1-35-24-11-12-32(18-24)13-14-33(27(34)31-22-7-10-26(29)25(28)16-22)23-8-5-20(6-9-23)21-4-2-3-19(15-21)17-30/h2-10,15-16,24H,11-14,18H2,1H3,(H,31,34)/t24-/m1/s1. The Morgan fingerprint density at radius 2 is 2.00 bits per heavy atom. The molecule has 0 saturated carbocycles. The lowest BCUT2D eigenvalue weighted by Gasteiger charge is -2.26. The first kappa shape index (κ1) is 24.7. The second-order valence-electron chi connectivity index (χ2n) is 8.40. The molecule has 180 valence electrons. The zero-order valence-electron chi connectivity index (χ0n) is 19.4. The molecule has 1 fully saturated rings. The molecule has 0 bridgehead atoms. The Labute approximate surface area is 209 Å². The zero-order valence-corrected chi connectivity index (χ0v) is 20.1. The van der Waals surface area contributed by atoms with E-state index in [1.807, 2.05) is 42.5 Å². The molecule has 1 aliphatic rings. The fourth-order valence-electron chi connectivity index (χ4n) is 4.15. The van der Waals surface area contributed by atoms with Gasteiger partial charge in [0.25, 0.3) is 0 Å². The third-order valence-corrected chi connectivity index (χ3v) is 6.41. The van der Waals surface area contributed by atoms with Gasteiger partial charge in [-0.25, -0.2) is 9.18 Å². The van der Waals surface area contributed by atoms with E-state index < -0.39 is 5.82 Å². The van der Waals surface area contributed by atoms with E-state index in [-0.39, 0.29) is 17.2 Å². The molecule has 4 rings (SSSR count). The second kappa shape index (κ2) is 11.3. The topological polar surface area (TPSA) is 68.6 Å². The number of likely N-dealkylation sites (tertiary alicyclic amines) is 1. The van der Waals surface area contributed by atoms with Gasteiger partial charge in [0.15, 0.2) is 0 Å². The molecule has 8 heteroatoms. The first-order valence-corrected chi connectivity index (χ1v) is 11.7. The van der Waals surface area contributed by atoms with Crippen LogP contribution < -0.4 is 10.2 Å². The van der Waals surface area contributed by atoms with Crippen LogP contribution in [-0.2, 0) is 4.74 Å². The highest BCUT2D eigenvalue weighted by atomic mass is 35.5. The van der Waals surface area contributed by atoms with Gasteiger partial charge in [-0.3, -0.25) is 9.80 Å². The monoisotopic (exact) mass is 492 g/mol. The normalized spacial score (nSPS) is 15.5. The van der Waals surface area contributed by atoms with Crippen LogP contribution in [0.4, 0.5) is 20.6 Å². The van der Waals surface area contributed by atoms with Crippen molar-refractivity contribution in [3.05, 3.63) is 83.1 Å². The quantitative estimate of drug-likeness (QED) is 0.454. The average molecular weight is 493 g/mol. The van der Waals surface area contributed by atoms with Crippen molar-refractivity contribution in [2.75, 3.05) is 43.5 Å². The van der Waals surface area contributed by atoms with Crippen LogP contribution in [0.15, 0.2) is 66.7 Å². The van der Waals surface area contributed by atoms with Gasteiger partial charge in [-0.2, -0.15) is 5.26 Å². The van der Waals surface area contributed by atoms with Crippen LogP contribution in [-0.4, -0.2) is 50.3 Å². The lowest BCUT2D eigenvalue weighted by molar-refractivity contribution is 0.108. The molecule has 0 unspecified atom stereocenters. The smallest absolute Gasteiger partial charge is 0.326 e. The van der Waals surface area contributed by atoms with E-state index in [2.05, 4.69) is 16.3 Å². The molecule has 1 aliphatic heterocycles. The number of benzene rings is 3. The molecule has 1 N–H and O–H groups in total. The number of hydrogen-bond acceptors (Lipinski definition) is 4. The highest BCUT2D eigenvalue weighted by Gasteiger charge is 2.24. The molecule has 3 aromatic carbocycles. The molecule has 3 aromatic rings. The maximum absolute atomic E-state index is 13.6. The maximum atomic E-state index is 13.6. The van der Waals surface area contributed by atoms with Gasteiger partial charge in [-0.1, -0.05) is 35.9 Å². The number of nitriles is 1. The van der Waals surface area contributed by atoms with E-state index in [9.17, 15) is 14.4 Å². The van der Waals surface area contributed by atoms with E-state index in [1.54, 1.807) is 18.1 Å². The van der Waals surface area contributed by atoms with Crippen LogP contribution in [0.3, 0.4) is 0 Å². The maximum Gasteiger partial charge on any atom is 0.326 e. The highest BCUT2D eigenvalue weighted by molar-refractivity contribution is 6.31. The molecule has 1 heterocycles. The van der Waals surface area contributed by atoms with E-state index in [0.29, 0.717) is 24.3 Å². The predicted octanol–water partition coefficient (Wildman–Crippen LogP) is 5.78. The highest BCUT2D eigenvalue weighted by Crippen LogP contribution is 2.26. The minimum absolute atomic E-state index is 0.0547. The van der Waals surface area contributed by atoms with Crippen molar-refractivity contribution in [3.63, 3.8) is 0 Å². The van der Waals surface area contributed by atoms with Crippen molar-refractivity contribution in [1.82, 2.24) is 4.90 Å². The molecular weight excluding hydrogens is 467 g/mol. The summed E-state index contributed by atoms with van der Waals surface area (Å²) in [6.07, 6.45) is 1.18. The van der Waals surface area contributed by atoms with Crippen LogP contribution in [0.5, 0.6) is 0 Å². The molecule has 1 saturated heterocycles. The Kier molecular flexibility index (Phi) is 7.98. The van der Waals surface area contributed by atoms with Gasteiger partial charge in [-0.05, 0) is 60.0 Å². The zero-order chi connectivity index (χ0) is 24.8. The number of amides is 2. The first-order chi connectivity index (χ1) is 17.0. The fraction of sp³-hybridized carbons (Fsp3) is 0.259. The SMILES string of the molecule is CO[C@@H]1CCN(CCN(C(=O)Nc2ccc(F)c(Cl)c2)c2ccc(-c3cccc(C#N)c3)cc2)C1. The molecule has 0 aromatic heterocycles. The third-order valence-electron chi connectivity index (χ3n) is 6.12. The van der Waals surface area contributed by atoms with Crippen molar-refractivity contribution in [2.24, 2.45) is 0 Å². The Morgan fingerprint density at radius 3 is 2.69 bits per heavy atom. The van der Waals surface area contributed by atoms with E-state index in [0.717, 1.165) is 36.3 Å². The average Bonchev–Trinajstić information content (AvgIpc) is 3.35. The summed E-state index contributed by atoms with van der Waals surface area (Å²) in [6, 6.07) is 20.9. The number of rotatable bonds is 7. The third kappa shape index (κ3) is 6.17. The number of hydrogen-bond donors (Lipinski definition) is 1. The number of nitrogens with one attached hydrogen (secondary N) is 1. The Bertz CT molecular complexity index is 1230. The van der Waals surface area contributed by atoms with Gasteiger partial charge in [0, 0.05) is 44.7 Å². The number of ether oxygens (including phenoxy) is 1. The molecule has 2 amide bonds. The summed E-state index contributed by atoms with van der Waals surface area (Å²) in [5, 5.41) is 11.9. The van der Waals surface area contributed by atoms with Gasteiger partial charge in [0.05, 0.1) is 22.8 Å². The van der Waals surface area contributed by atoms with Crippen LogP contribution in [0.2, 0.25) is 5.02 Å². The number of urea groups is 1. The molecule has 1 atom stereocenters. The molecule has 0 spiro atoms. The van der Waals surface area contributed by atoms with Crippen LogP contribution in [0.25, 0.3) is 11.1 Å². The molecule has 35 heavy (non-hydrogen) atoms. The predicted molar refractivity (Wildman–Crippen MR) is 136 cm³/mol. The van der Waals surface area contributed by atoms with Crippen molar-refractivity contribution >= 4 is 29.0 Å². The lowest BCUT2D eigenvalue weighted by Crippen LogP contribution is -2.40. The summed E-state index contributed by atoms with van der Waals surface area (Å²) in [5.74, 6) is -0.542. The van der Waals surface area contributed by atoms with Gasteiger partial charge in [-0.15, -0.1) is 0 Å². The molecule has 6 nitrogen and oxygen atoms in total. The molecule has 0 aliphatic carbocycles. The van der Waals surface area contributed by atoms with Crippen molar-refractivity contribution < 1.29 is 13.9 Å². The summed E-state index contributed by atoms with van der Waals surface area (Å²) < 4.78 is 19.0. The largest absolute Gasteiger partial charge is 0.380 e. The number of nitrogens with zero attached hydrogens (tertiary/aromatic N) is 3. The van der Waals surface area contributed by atoms with E-state index >= 15 is 0 Å². The Hall–Kier alpha value is -3.44. The number of carbonyl (C=O) groups is 1. The van der Waals surface area contributed by atoms with Crippen LogP contribution >= 0.6 is 11.6 Å². The van der Waals surface area contributed by atoms with E-state index in [4.69, 9.17) is 16.3 Å². The second-order valence-corrected chi connectivity index (χ2v) is 8.80.